The number of benzene rings is 1. The molecule has 1 N–H and O–H groups in total. The molecule has 0 bridgehead atoms. The van der Waals surface area contributed by atoms with Crippen LogP contribution in [0.15, 0.2) is 18.2 Å². The van der Waals surface area contributed by atoms with Crippen molar-refractivity contribution in [3.05, 3.63) is 29.3 Å². The van der Waals surface area contributed by atoms with Crippen molar-refractivity contribution in [1.82, 2.24) is 5.32 Å². The number of hydrogen-bond donors (Lipinski definition) is 1. The molecule has 2 aliphatic rings. The SMILES string of the molecule is CN(CC1CCCCO1)c1cccc2c1CNCC2. The molecular formula is C16H24N2O. The number of rotatable bonds is 3. The van der Waals surface area contributed by atoms with E-state index in [0.29, 0.717) is 6.10 Å². The normalized spacial score (nSPS) is 22.9. The minimum Gasteiger partial charge on any atom is -0.376 e. The van der Waals surface area contributed by atoms with Crippen LogP contribution < -0.4 is 10.2 Å². The second-order valence-corrected chi connectivity index (χ2v) is 5.71. The predicted octanol–water partition coefficient (Wildman–Crippen LogP) is 2.34. The third-order valence-electron chi connectivity index (χ3n) is 4.28. The fraction of sp³-hybridized carbons (Fsp3) is 0.625. The van der Waals surface area contributed by atoms with E-state index in [1.807, 2.05) is 0 Å². The lowest BCUT2D eigenvalue weighted by atomic mass is 9.98. The summed E-state index contributed by atoms with van der Waals surface area (Å²) in [6.45, 7) is 4.05. The molecule has 3 heteroatoms. The molecule has 0 amide bonds. The number of fused-ring (bicyclic) bond motifs is 1. The molecule has 0 radical (unpaired) electrons. The fourth-order valence-corrected chi connectivity index (χ4v) is 3.21. The van der Waals surface area contributed by atoms with Gasteiger partial charge in [0.25, 0.3) is 0 Å². The second kappa shape index (κ2) is 5.93. The highest BCUT2D eigenvalue weighted by Crippen LogP contribution is 2.26. The van der Waals surface area contributed by atoms with Crippen molar-refractivity contribution in [3.8, 4) is 0 Å². The highest BCUT2D eigenvalue weighted by Gasteiger charge is 2.19. The predicted molar refractivity (Wildman–Crippen MR) is 78.7 cm³/mol. The standard InChI is InChI=1S/C16H24N2O/c1-18(12-14-6-2-3-10-19-14)16-7-4-5-13-8-9-17-11-15(13)16/h4-5,7,14,17H,2-3,6,8-12H2,1H3. The van der Waals surface area contributed by atoms with E-state index < -0.39 is 0 Å². The topological polar surface area (TPSA) is 24.5 Å². The van der Waals surface area contributed by atoms with Crippen LogP contribution in [-0.2, 0) is 17.7 Å². The highest BCUT2D eigenvalue weighted by molar-refractivity contribution is 5.57. The minimum atomic E-state index is 0.408. The number of anilines is 1. The van der Waals surface area contributed by atoms with Gasteiger partial charge in [-0.2, -0.15) is 0 Å². The molecule has 3 rings (SSSR count). The van der Waals surface area contributed by atoms with E-state index >= 15 is 0 Å². The first-order chi connectivity index (χ1) is 9.34. The summed E-state index contributed by atoms with van der Waals surface area (Å²) < 4.78 is 5.86. The lowest BCUT2D eigenvalue weighted by Gasteiger charge is -2.31. The van der Waals surface area contributed by atoms with Gasteiger partial charge < -0.3 is 15.0 Å². The van der Waals surface area contributed by atoms with Gasteiger partial charge in [-0.25, -0.2) is 0 Å². The Morgan fingerprint density at radius 3 is 3.16 bits per heavy atom. The van der Waals surface area contributed by atoms with Crippen LogP contribution in [0.5, 0.6) is 0 Å². The fourth-order valence-electron chi connectivity index (χ4n) is 3.21. The zero-order chi connectivity index (χ0) is 13.1. The van der Waals surface area contributed by atoms with E-state index in [9.17, 15) is 0 Å². The summed E-state index contributed by atoms with van der Waals surface area (Å²) in [6, 6.07) is 6.71. The molecule has 0 aliphatic carbocycles. The molecule has 1 fully saturated rings. The Labute approximate surface area is 115 Å². The molecule has 1 aromatic carbocycles. The van der Waals surface area contributed by atoms with Crippen LogP contribution in [0.2, 0.25) is 0 Å². The van der Waals surface area contributed by atoms with Crippen LogP contribution in [0.4, 0.5) is 5.69 Å². The molecule has 1 aromatic rings. The Morgan fingerprint density at radius 1 is 1.37 bits per heavy atom. The average molecular weight is 260 g/mol. The van der Waals surface area contributed by atoms with E-state index in [4.69, 9.17) is 4.74 Å². The van der Waals surface area contributed by atoms with Crippen molar-refractivity contribution in [2.75, 3.05) is 31.6 Å². The monoisotopic (exact) mass is 260 g/mol. The number of hydrogen-bond acceptors (Lipinski definition) is 3. The first kappa shape index (κ1) is 12.9. The maximum atomic E-state index is 5.86. The van der Waals surface area contributed by atoms with Crippen molar-refractivity contribution < 1.29 is 4.74 Å². The van der Waals surface area contributed by atoms with Crippen molar-refractivity contribution >= 4 is 5.69 Å². The van der Waals surface area contributed by atoms with Crippen molar-refractivity contribution in [1.29, 1.82) is 0 Å². The number of ether oxygens (including phenoxy) is 1. The molecule has 3 nitrogen and oxygen atoms in total. The molecule has 2 heterocycles. The van der Waals surface area contributed by atoms with Crippen LogP contribution in [0, 0.1) is 0 Å². The van der Waals surface area contributed by atoms with Crippen molar-refractivity contribution in [2.45, 2.75) is 38.3 Å². The number of nitrogens with zero attached hydrogens (tertiary/aromatic N) is 1. The zero-order valence-electron chi connectivity index (χ0n) is 11.8. The van der Waals surface area contributed by atoms with Crippen LogP contribution in [0.1, 0.15) is 30.4 Å². The van der Waals surface area contributed by atoms with Crippen LogP contribution >= 0.6 is 0 Å². The van der Waals surface area contributed by atoms with E-state index in [0.717, 1.165) is 32.7 Å². The molecule has 0 spiro atoms. The largest absolute Gasteiger partial charge is 0.376 e. The zero-order valence-corrected chi connectivity index (χ0v) is 11.8. The van der Waals surface area contributed by atoms with Gasteiger partial charge in [-0.1, -0.05) is 12.1 Å². The Bertz CT molecular complexity index is 427. The molecule has 1 saturated heterocycles. The first-order valence-corrected chi connectivity index (χ1v) is 7.49. The third kappa shape index (κ3) is 2.93. The van der Waals surface area contributed by atoms with Gasteiger partial charge >= 0.3 is 0 Å². The molecule has 104 valence electrons. The molecule has 0 aromatic heterocycles. The molecular weight excluding hydrogens is 236 g/mol. The molecule has 2 aliphatic heterocycles. The maximum Gasteiger partial charge on any atom is 0.0749 e. The Morgan fingerprint density at radius 2 is 2.32 bits per heavy atom. The van der Waals surface area contributed by atoms with Gasteiger partial charge in [-0.3, -0.25) is 0 Å². The van der Waals surface area contributed by atoms with Gasteiger partial charge in [0.05, 0.1) is 6.10 Å². The van der Waals surface area contributed by atoms with Crippen molar-refractivity contribution in [3.63, 3.8) is 0 Å². The van der Waals surface area contributed by atoms with Crippen LogP contribution in [0.3, 0.4) is 0 Å². The van der Waals surface area contributed by atoms with Gasteiger partial charge in [0, 0.05) is 32.4 Å². The van der Waals surface area contributed by atoms with Gasteiger partial charge in [0.2, 0.25) is 0 Å². The highest BCUT2D eigenvalue weighted by atomic mass is 16.5. The second-order valence-electron chi connectivity index (χ2n) is 5.71. The number of nitrogens with one attached hydrogen (secondary N) is 1. The Hall–Kier alpha value is -1.06. The van der Waals surface area contributed by atoms with E-state index in [2.05, 4.69) is 35.5 Å². The lowest BCUT2D eigenvalue weighted by Crippen LogP contribution is -2.35. The Kier molecular flexibility index (Phi) is 4.04. The van der Waals surface area contributed by atoms with Crippen LogP contribution in [-0.4, -0.2) is 32.8 Å². The van der Waals surface area contributed by atoms with Gasteiger partial charge in [-0.15, -0.1) is 0 Å². The third-order valence-corrected chi connectivity index (χ3v) is 4.28. The summed E-state index contributed by atoms with van der Waals surface area (Å²) in [4.78, 5) is 2.38. The van der Waals surface area contributed by atoms with E-state index in [-0.39, 0.29) is 0 Å². The summed E-state index contributed by atoms with van der Waals surface area (Å²) in [5.41, 5.74) is 4.36. The average Bonchev–Trinajstić information content (AvgIpc) is 2.47. The number of likely N-dealkylation sites (N-methyl/N-ethyl adjacent to an activating group) is 1. The Balaban J connectivity index is 1.73. The lowest BCUT2D eigenvalue weighted by molar-refractivity contribution is 0.0216. The molecule has 0 saturated carbocycles. The van der Waals surface area contributed by atoms with E-state index in [1.54, 1.807) is 0 Å². The smallest absolute Gasteiger partial charge is 0.0749 e. The van der Waals surface area contributed by atoms with Crippen molar-refractivity contribution in [2.24, 2.45) is 0 Å². The molecule has 19 heavy (non-hydrogen) atoms. The maximum absolute atomic E-state index is 5.86. The summed E-state index contributed by atoms with van der Waals surface area (Å²) >= 11 is 0. The van der Waals surface area contributed by atoms with Gasteiger partial charge in [-0.05, 0) is 49.4 Å². The van der Waals surface area contributed by atoms with E-state index in [1.165, 1.54) is 36.1 Å². The summed E-state index contributed by atoms with van der Waals surface area (Å²) in [5, 5.41) is 3.48. The summed E-state index contributed by atoms with van der Waals surface area (Å²) in [5.74, 6) is 0. The quantitative estimate of drug-likeness (QED) is 0.903. The minimum absolute atomic E-state index is 0.408. The molecule has 1 atom stereocenters. The molecule has 1 unspecified atom stereocenters. The summed E-state index contributed by atoms with van der Waals surface area (Å²) in [6.07, 6.45) is 5.30. The summed E-state index contributed by atoms with van der Waals surface area (Å²) in [7, 11) is 2.20. The van der Waals surface area contributed by atoms with Gasteiger partial charge in [0.15, 0.2) is 0 Å². The first-order valence-electron chi connectivity index (χ1n) is 7.49. The van der Waals surface area contributed by atoms with Gasteiger partial charge in [0.1, 0.15) is 0 Å². The van der Waals surface area contributed by atoms with Crippen LogP contribution in [0.25, 0.3) is 0 Å².